The fourth-order valence-electron chi connectivity index (χ4n) is 2.82. The van der Waals surface area contributed by atoms with Crippen LogP contribution in [-0.2, 0) is 20.6 Å². The number of carbonyl (C=O) groups excluding carboxylic acids is 1. The molecule has 0 fully saturated rings. The van der Waals surface area contributed by atoms with Crippen molar-refractivity contribution < 1.29 is 17.4 Å². The molecule has 1 unspecified atom stereocenters. The van der Waals surface area contributed by atoms with Gasteiger partial charge in [0.1, 0.15) is 0 Å². The number of sulfone groups is 1. The van der Waals surface area contributed by atoms with E-state index >= 15 is 0 Å². The van der Waals surface area contributed by atoms with E-state index in [0.29, 0.717) is 27.8 Å². The fraction of sp³-hybridized carbons (Fsp3) is 0.458. The summed E-state index contributed by atoms with van der Waals surface area (Å²) in [7, 11) is -4.25. The third-order valence-electron chi connectivity index (χ3n) is 4.54. The number of benzene rings is 2. The van der Waals surface area contributed by atoms with Crippen LogP contribution in [0.5, 0.6) is 0 Å². The van der Waals surface area contributed by atoms with Gasteiger partial charge in [-0.2, -0.15) is 0 Å². The zero-order chi connectivity index (χ0) is 25.2. The highest BCUT2D eigenvalue weighted by atomic mass is 32.2. The summed E-state index contributed by atoms with van der Waals surface area (Å²) in [5, 5.41) is 0. The molecule has 0 heterocycles. The van der Waals surface area contributed by atoms with E-state index in [1.165, 1.54) is 0 Å². The van der Waals surface area contributed by atoms with E-state index < -0.39 is 26.5 Å². The Balaban J connectivity index is 0.000000561. The summed E-state index contributed by atoms with van der Waals surface area (Å²) in [4.78, 5) is 12.2. The quantitative estimate of drug-likeness (QED) is 0.570. The van der Waals surface area contributed by atoms with Crippen LogP contribution < -0.4 is 11.5 Å². The largest absolute Gasteiger partial charge is 0.398 e. The minimum Gasteiger partial charge on any atom is -0.398 e. The fourth-order valence-corrected chi connectivity index (χ4v) is 4.43. The first-order valence-corrected chi connectivity index (χ1v) is 13.9. The Kier molecular flexibility index (Phi) is 12.5. The van der Waals surface area contributed by atoms with Crippen molar-refractivity contribution in [3.8, 4) is 0 Å². The number of anilines is 1. The lowest BCUT2D eigenvalue weighted by molar-refractivity contribution is 0.0999. The predicted molar refractivity (Wildman–Crippen MR) is 135 cm³/mol. The van der Waals surface area contributed by atoms with E-state index in [-0.39, 0.29) is 10.8 Å². The van der Waals surface area contributed by atoms with Crippen molar-refractivity contribution in [2.75, 3.05) is 17.7 Å². The summed E-state index contributed by atoms with van der Waals surface area (Å²) in [6, 6.07) is 10.4. The maximum atomic E-state index is 11.6. The average molecular weight is 483 g/mol. The molecule has 8 heteroatoms. The lowest BCUT2D eigenvalue weighted by Gasteiger charge is -2.11. The zero-order valence-corrected chi connectivity index (χ0v) is 22.1. The molecule has 0 aliphatic rings. The molecule has 32 heavy (non-hydrogen) atoms. The molecule has 0 aliphatic heterocycles. The molecule has 0 radical (unpaired) electrons. The van der Waals surface area contributed by atoms with Crippen LogP contribution in [0.1, 0.15) is 81.8 Å². The summed E-state index contributed by atoms with van der Waals surface area (Å²) in [6.07, 6.45) is 1.16. The van der Waals surface area contributed by atoms with Crippen molar-refractivity contribution in [3.05, 3.63) is 53.1 Å². The molecule has 0 aromatic heterocycles. The van der Waals surface area contributed by atoms with Gasteiger partial charge in [0.15, 0.2) is 9.84 Å². The molecule has 2 rings (SSSR count). The monoisotopic (exact) mass is 482 g/mol. The van der Waals surface area contributed by atoms with Gasteiger partial charge in [0, 0.05) is 22.5 Å². The third kappa shape index (κ3) is 8.74. The Hall–Kier alpha value is -2.19. The lowest BCUT2D eigenvalue weighted by atomic mass is 9.97. The van der Waals surface area contributed by atoms with Gasteiger partial charge in [0.05, 0.1) is 21.4 Å². The molecular weight excluding hydrogens is 444 g/mol. The highest BCUT2D eigenvalue weighted by Gasteiger charge is 2.14. The van der Waals surface area contributed by atoms with Gasteiger partial charge in [-0.3, -0.25) is 9.00 Å². The number of hydrogen-bond acceptors (Lipinski definition) is 5. The van der Waals surface area contributed by atoms with E-state index in [0.717, 1.165) is 17.4 Å². The number of hydrogen-bond donors (Lipinski definition) is 2. The molecule has 1 atom stereocenters. The highest BCUT2D eigenvalue weighted by molar-refractivity contribution is 7.90. The van der Waals surface area contributed by atoms with Crippen LogP contribution in [0.25, 0.3) is 0 Å². The SMILES string of the molecule is CC.CC(C)c1ccc(S(C)(=O)=O)c(N)c1.CCS(=O)c1ccc(C(C)C)c(C(N)=O)c1. The highest BCUT2D eigenvalue weighted by Crippen LogP contribution is 2.24. The molecule has 4 N–H and O–H groups in total. The zero-order valence-electron chi connectivity index (χ0n) is 20.4. The van der Waals surface area contributed by atoms with Crippen molar-refractivity contribution in [1.29, 1.82) is 0 Å². The first-order valence-electron chi connectivity index (χ1n) is 10.7. The Morgan fingerprint density at radius 1 is 1.00 bits per heavy atom. The molecular formula is C24H38N2O4S2. The van der Waals surface area contributed by atoms with Gasteiger partial charge in [-0.1, -0.05) is 60.6 Å². The van der Waals surface area contributed by atoms with Crippen molar-refractivity contribution >= 4 is 32.2 Å². The Labute approximate surface area is 196 Å². The van der Waals surface area contributed by atoms with Crippen LogP contribution in [-0.4, -0.2) is 30.5 Å². The van der Waals surface area contributed by atoms with Crippen LogP contribution in [0.3, 0.4) is 0 Å². The molecule has 6 nitrogen and oxygen atoms in total. The van der Waals surface area contributed by atoms with E-state index in [1.807, 2.05) is 54.5 Å². The molecule has 0 spiro atoms. The number of nitrogen functional groups attached to an aromatic ring is 1. The molecule has 0 saturated heterocycles. The second-order valence-corrected chi connectivity index (χ2v) is 11.4. The van der Waals surface area contributed by atoms with Gasteiger partial charge >= 0.3 is 0 Å². The predicted octanol–water partition coefficient (Wildman–Crippen LogP) is 4.86. The van der Waals surface area contributed by atoms with Crippen molar-refractivity contribution in [1.82, 2.24) is 0 Å². The number of amides is 1. The molecule has 0 bridgehead atoms. The van der Waals surface area contributed by atoms with Gasteiger partial charge in [-0.15, -0.1) is 0 Å². The van der Waals surface area contributed by atoms with Gasteiger partial charge in [0.2, 0.25) is 5.91 Å². The second-order valence-electron chi connectivity index (χ2n) is 7.63. The molecule has 2 aromatic carbocycles. The van der Waals surface area contributed by atoms with Crippen LogP contribution >= 0.6 is 0 Å². The first-order chi connectivity index (χ1) is 14.8. The summed E-state index contributed by atoms with van der Waals surface area (Å²) in [5.74, 6) is 0.662. The van der Waals surface area contributed by atoms with Crippen molar-refractivity contribution in [2.45, 2.75) is 70.1 Å². The topological polar surface area (TPSA) is 120 Å². The molecule has 0 aliphatic carbocycles. The molecule has 2 aromatic rings. The number of rotatable bonds is 6. The minimum absolute atomic E-state index is 0.210. The average Bonchev–Trinajstić information content (AvgIpc) is 2.73. The van der Waals surface area contributed by atoms with Crippen LogP contribution in [0.4, 0.5) is 5.69 Å². The summed E-state index contributed by atoms with van der Waals surface area (Å²) in [5.41, 5.74) is 13.8. The standard InChI is InChI=1S/C12H17NO2S.C10H15NO2S.C2H6/c1-4-16(15)9-5-6-10(8(2)3)11(7-9)12(13)14;1-7(2)8-4-5-10(9(11)6-8)14(3,12)13;1-2/h5-8H,4H2,1-3H3,(H2,13,14);4-7H,11H2,1-3H3;1-2H3. The van der Waals surface area contributed by atoms with Crippen molar-refractivity contribution in [3.63, 3.8) is 0 Å². The van der Waals surface area contributed by atoms with Crippen molar-refractivity contribution in [2.24, 2.45) is 5.73 Å². The third-order valence-corrected chi connectivity index (χ3v) is 7.01. The first kappa shape index (κ1) is 29.8. The Morgan fingerprint density at radius 2 is 1.56 bits per heavy atom. The molecule has 1 amide bonds. The van der Waals surface area contributed by atoms with Crippen LogP contribution in [0.15, 0.2) is 46.2 Å². The number of primary amides is 1. The van der Waals surface area contributed by atoms with Gasteiger partial charge in [-0.25, -0.2) is 8.42 Å². The maximum Gasteiger partial charge on any atom is 0.249 e. The van der Waals surface area contributed by atoms with Gasteiger partial charge < -0.3 is 11.5 Å². The number of carbonyl (C=O) groups is 1. The van der Waals surface area contributed by atoms with E-state index in [9.17, 15) is 17.4 Å². The number of nitrogens with two attached hydrogens (primary N) is 2. The Morgan fingerprint density at radius 3 is 1.94 bits per heavy atom. The van der Waals surface area contributed by atoms with Gasteiger partial charge in [0.25, 0.3) is 0 Å². The van der Waals surface area contributed by atoms with E-state index in [4.69, 9.17) is 11.5 Å². The molecule has 0 saturated carbocycles. The van der Waals surface area contributed by atoms with E-state index in [2.05, 4.69) is 0 Å². The van der Waals surface area contributed by atoms with Crippen LogP contribution in [0.2, 0.25) is 0 Å². The Bertz CT molecular complexity index is 1030. The van der Waals surface area contributed by atoms with Crippen LogP contribution in [0, 0.1) is 0 Å². The lowest BCUT2D eigenvalue weighted by Crippen LogP contribution is -2.15. The normalized spacial score (nSPS) is 11.8. The van der Waals surface area contributed by atoms with E-state index in [1.54, 1.807) is 30.3 Å². The maximum absolute atomic E-state index is 11.6. The minimum atomic E-state index is -3.20. The summed E-state index contributed by atoms with van der Waals surface area (Å²) < 4.78 is 34.1. The van der Waals surface area contributed by atoms with Gasteiger partial charge in [-0.05, 0) is 47.2 Å². The summed E-state index contributed by atoms with van der Waals surface area (Å²) in [6.45, 7) is 13.9. The smallest absolute Gasteiger partial charge is 0.249 e. The second kappa shape index (κ2) is 13.4. The summed E-state index contributed by atoms with van der Waals surface area (Å²) >= 11 is 0. The molecule has 180 valence electrons.